The molecule has 3 N–H and O–H groups in total. The maximum Gasteiger partial charge on any atom is 0.271 e. The summed E-state index contributed by atoms with van der Waals surface area (Å²) in [7, 11) is 0. The van der Waals surface area contributed by atoms with Crippen molar-refractivity contribution in [3.8, 4) is 5.75 Å². The van der Waals surface area contributed by atoms with Crippen LogP contribution in [0.25, 0.3) is 0 Å². The summed E-state index contributed by atoms with van der Waals surface area (Å²) in [5, 5.41) is 0. The van der Waals surface area contributed by atoms with Gasteiger partial charge in [0, 0.05) is 0 Å². The van der Waals surface area contributed by atoms with Gasteiger partial charge in [0.25, 0.3) is 5.91 Å². The Hall–Kier alpha value is -1.55. The molecule has 2 rings (SSSR count). The molecule has 18 heavy (non-hydrogen) atoms. The third-order valence-electron chi connectivity index (χ3n) is 3.49. The van der Waals surface area contributed by atoms with E-state index >= 15 is 0 Å². The van der Waals surface area contributed by atoms with Gasteiger partial charge in [0.05, 0.1) is 0 Å². The zero-order chi connectivity index (χ0) is 12.8. The Morgan fingerprint density at radius 1 is 1.22 bits per heavy atom. The number of hydrogen-bond acceptors (Lipinski definition) is 3. The molecule has 1 fully saturated rings. The molecule has 1 aromatic rings. The van der Waals surface area contributed by atoms with Crippen molar-refractivity contribution in [2.75, 3.05) is 6.61 Å². The topological polar surface area (TPSA) is 64.3 Å². The first-order chi connectivity index (χ1) is 8.79. The smallest absolute Gasteiger partial charge is 0.271 e. The molecule has 1 aliphatic rings. The lowest BCUT2D eigenvalue weighted by molar-refractivity contribution is -0.123. The highest BCUT2D eigenvalue weighted by Gasteiger charge is 2.15. The molecule has 0 spiro atoms. The molecule has 4 nitrogen and oxygen atoms in total. The highest BCUT2D eigenvalue weighted by Crippen LogP contribution is 2.33. The van der Waals surface area contributed by atoms with Crippen molar-refractivity contribution in [1.82, 2.24) is 5.43 Å². The Bertz CT molecular complexity index is 383. The van der Waals surface area contributed by atoms with Gasteiger partial charge in [0.2, 0.25) is 0 Å². The first-order valence-electron chi connectivity index (χ1n) is 6.52. The Balaban J connectivity index is 1.90. The molecule has 98 valence electrons. The maximum atomic E-state index is 10.9. The fraction of sp³-hybridized carbons (Fsp3) is 0.500. The lowest BCUT2D eigenvalue weighted by Gasteiger charge is -2.22. The van der Waals surface area contributed by atoms with Crippen LogP contribution in [0, 0.1) is 0 Å². The quantitative estimate of drug-likeness (QED) is 0.487. The number of hydrazine groups is 1. The molecular formula is C14H20N2O2. The molecule has 0 aromatic heterocycles. The summed E-state index contributed by atoms with van der Waals surface area (Å²) in [6.07, 6.45) is 6.61. The summed E-state index contributed by atoms with van der Waals surface area (Å²) >= 11 is 0. The summed E-state index contributed by atoms with van der Waals surface area (Å²) in [6.45, 7) is -0.0424. The SMILES string of the molecule is NNC(=O)COc1ccc(C2CCCCC2)cc1. The second-order valence-corrected chi connectivity index (χ2v) is 4.76. The fourth-order valence-corrected chi connectivity index (χ4v) is 2.46. The summed E-state index contributed by atoms with van der Waals surface area (Å²) in [6, 6.07) is 8.05. The molecule has 0 unspecified atom stereocenters. The van der Waals surface area contributed by atoms with E-state index in [1.165, 1.54) is 37.7 Å². The Kier molecular flexibility index (Phi) is 4.59. The van der Waals surface area contributed by atoms with Crippen LogP contribution in [0.15, 0.2) is 24.3 Å². The van der Waals surface area contributed by atoms with E-state index in [4.69, 9.17) is 10.6 Å². The van der Waals surface area contributed by atoms with Crippen LogP contribution in [-0.4, -0.2) is 12.5 Å². The van der Waals surface area contributed by atoms with Crippen molar-refractivity contribution in [2.24, 2.45) is 5.84 Å². The summed E-state index contributed by atoms with van der Waals surface area (Å²) in [5.41, 5.74) is 3.41. The van der Waals surface area contributed by atoms with E-state index < -0.39 is 0 Å². The third-order valence-corrected chi connectivity index (χ3v) is 3.49. The maximum absolute atomic E-state index is 10.9. The van der Waals surface area contributed by atoms with E-state index in [1.54, 1.807) is 0 Å². The molecular weight excluding hydrogens is 228 g/mol. The number of benzene rings is 1. The predicted molar refractivity (Wildman–Crippen MR) is 70.1 cm³/mol. The van der Waals surface area contributed by atoms with Gasteiger partial charge in [-0.25, -0.2) is 5.84 Å². The Labute approximate surface area is 107 Å². The highest BCUT2D eigenvalue weighted by atomic mass is 16.5. The Morgan fingerprint density at radius 3 is 2.50 bits per heavy atom. The van der Waals surface area contributed by atoms with Crippen molar-refractivity contribution >= 4 is 5.91 Å². The van der Waals surface area contributed by atoms with E-state index in [9.17, 15) is 4.79 Å². The number of carbonyl (C=O) groups is 1. The molecule has 0 atom stereocenters. The number of amides is 1. The number of nitrogens with two attached hydrogens (primary N) is 1. The minimum absolute atomic E-state index is 0.0424. The van der Waals surface area contributed by atoms with Crippen LogP contribution in [0.1, 0.15) is 43.6 Å². The molecule has 0 bridgehead atoms. The van der Waals surface area contributed by atoms with E-state index in [2.05, 4.69) is 12.1 Å². The van der Waals surface area contributed by atoms with E-state index in [0.717, 1.165) is 0 Å². The van der Waals surface area contributed by atoms with Crippen molar-refractivity contribution < 1.29 is 9.53 Å². The number of carbonyl (C=O) groups excluding carboxylic acids is 1. The van der Waals surface area contributed by atoms with Crippen LogP contribution in [-0.2, 0) is 4.79 Å². The van der Waals surface area contributed by atoms with Gasteiger partial charge in [0.1, 0.15) is 5.75 Å². The van der Waals surface area contributed by atoms with E-state index in [0.29, 0.717) is 11.7 Å². The van der Waals surface area contributed by atoms with Crippen LogP contribution in [0.4, 0.5) is 0 Å². The van der Waals surface area contributed by atoms with E-state index in [-0.39, 0.29) is 12.5 Å². The summed E-state index contributed by atoms with van der Waals surface area (Å²) in [5.74, 6) is 6.05. The average molecular weight is 248 g/mol. The number of hydrogen-bond donors (Lipinski definition) is 2. The van der Waals surface area contributed by atoms with E-state index in [1.807, 2.05) is 17.6 Å². The molecule has 4 heteroatoms. The molecule has 1 aliphatic carbocycles. The first-order valence-corrected chi connectivity index (χ1v) is 6.52. The lowest BCUT2D eigenvalue weighted by Crippen LogP contribution is -2.34. The van der Waals surface area contributed by atoms with Gasteiger partial charge in [-0.05, 0) is 36.5 Å². The number of nitrogens with one attached hydrogen (secondary N) is 1. The molecule has 0 radical (unpaired) electrons. The molecule has 0 saturated heterocycles. The van der Waals surface area contributed by atoms with Gasteiger partial charge in [0.15, 0.2) is 6.61 Å². The molecule has 1 amide bonds. The fourth-order valence-electron chi connectivity index (χ4n) is 2.46. The third kappa shape index (κ3) is 3.47. The van der Waals surface area contributed by atoms with Gasteiger partial charge in [-0.3, -0.25) is 10.2 Å². The van der Waals surface area contributed by atoms with Crippen LogP contribution >= 0.6 is 0 Å². The highest BCUT2D eigenvalue weighted by molar-refractivity contribution is 5.76. The van der Waals surface area contributed by atoms with Gasteiger partial charge < -0.3 is 4.74 Å². The van der Waals surface area contributed by atoms with Crippen LogP contribution in [0.2, 0.25) is 0 Å². The Morgan fingerprint density at radius 2 is 1.89 bits per heavy atom. The average Bonchev–Trinajstić information content (AvgIpc) is 2.46. The predicted octanol–water partition coefficient (Wildman–Crippen LogP) is 2.10. The van der Waals surface area contributed by atoms with Crippen molar-refractivity contribution in [2.45, 2.75) is 38.0 Å². The number of rotatable bonds is 4. The van der Waals surface area contributed by atoms with Crippen molar-refractivity contribution in [3.05, 3.63) is 29.8 Å². The van der Waals surface area contributed by atoms with Gasteiger partial charge in [-0.15, -0.1) is 0 Å². The van der Waals surface area contributed by atoms with Crippen molar-refractivity contribution in [1.29, 1.82) is 0 Å². The second-order valence-electron chi connectivity index (χ2n) is 4.76. The van der Waals surface area contributed by atoms with Crippen molar-refractivity contribution in [3.63, 3.8) is 0 Å². The lowest BCUT2D eigenvalue weighted by atomic mass is 9.84. The monoisotopic (exact) mass is 248 g/mol. The molecule has 0 heterocycles. The van der Waals surface area contributed by atoms with Gasteiger partial charge in [-0.1, -0.05) is 31.4 Å². The second kappa shape index (κ2) is 6.40. The minimum atomic E-state index is -0.327. The zero-order valence-corrected chi connectivity index (χ0v) is 10.5. The first kappa shape index (κ1) is 12.9. The van der Waals surface area contributed by atoms with Crippen LogP contribution in [0.3, 0.4) is 0 Å². The standard InChI is InChI=1S/C14H20N2O2/c15-16-14(17)10-18-13-8-6-12(7-9-13)11-4-2-1-3-5-11/h6-9,11H,1-5,10,15H2,(H,16,17). The van der Waals surface area contributed by atoms with Gasteiger partial charge in [-0.2, -0.15) is 0 Å². The number of ether oxygens (including phenoxy) is 1. The largest absolute Gasteiger partial charge is 0.484 e. The normalized spacial score (nSPS) is 16.3. The summed E-state index contributed by atoms with van der Waals surface area (Å²) in [4.78, 5) is 10.9. The molecule has 1 aromatic carbocycles. The zero-order valence-electron chi connectivity index (χ0n) is 10.5. The van der Waals surface area contributed by atoms with Crippen LogP contribution < -0.4 is 16.0 Å². The molecule has 0 aliphatic heterocycles. The van der Waals surface area contributed by atoms with Crippen LogP contribution in [0.5, 0.6) is 5.75 Å². The summed E-state index contributed by atoms with van der Waals surface area (Å²) < 4.78 is 5.31. The molecule has 1 saturated carbocycles. The minimum Gasteiger partial charge on any atom is -0.484 e. The van der Waals surface area contributed by atoms with Gasteiger partial charge >= 0.3 is 0 Å².